The maximum absolute atomic E-state index is 12.1. The zero-order valence-electron chi connectivity index (χ0n) is 14.8. The minimum atomic E-state index is -0.412. The predicted octanol–water partition coefficient (Wildman–Crippen LogP) is 3.75. The second-order valence-corrected chi connectivity index (χ2v) is 5.58. The molecule has 0 saturated heterocycles. The molecule has 0 unspecified atom stereocenters. The molecule has 0 saturated carbocycles. The van der Waals surface area contributed by atoms with Crippen LogP contribution < -0.4 is 10.1 Å². The third-order valence-electron chi connectivity index (χ3n) is 3.72. The Bertz CT molecular complexity index is 738. The Hall–Kier alpha value is -2.82. The zero-order valence-corrected chi connectivity index (χ0v) is 14.8. The van der Waals surface area contributed by atoms with Crippen LogP contribution in [-0.4, -0.2) is 25.1 Å². The molecule has 0 fully saturated rings. The van der Waals surface area contributed by atoms with Crippen molar-refractivity contribution >= 4 is 17.6 Å². The number of rotatable bonds is 7. The maximum atomic E-state index is 12.1. The maximum Gasteiger partial charge on any atom is 0.338 e. The fourth-order valence-corrected chi connectivity index (χ4v) is 2.25. The zero-order chi connectivity index (χ0) is 18.2. The Morgan fingerprint density at radius 3 is 2.40 bits per heavy atom. The molecule has 1 N–H and O–H groups in total. The summed E-state index contributed by atoms with van der Waals surface area (Å²) in [6.07, 6.45) is 0.955. The van der Waals surface area contributed by atoms with Crippen LogP contribution in [0, 0.1) is 6.92 Å². The molecule has 0 radical (unpaired) electrons. The van der Waals surface area contributed by atoms with E-state index < -0.39 is 5.97 Å². The van der Waals surface area contributed by atoms with E-state index in [4.69, 9.17) is 9.47 Å². The molecular formula is C20H23NO4. The van der Waals surface area contributed by atoms with Crippen LogP contribution in [0.25, 0.3) is 0 Å². The first kappa shape index (κ1) is 18.5. The van der Waals surface area contributed by atoms with Crippen molar-refractivity contribution in [2.75, 3.05) is 18.5 Å². The predicted molar refractivity (Wildman–Crippen MR) is 97.1 cm³/mol. The van der Waals surface area contributed by atoms with E-state index >= 15 is 0 Å². The molecule has 25 heavy (non-hydrogen) atoms. The minimum absolute atomic E-state index is 0.103. The number of carbonyl (C=O) groups excluding carboxylic acids is 2. The fourth-order valence-electron chi connectivity index (χ4n) is 2.25. The highest BCUT2D eigenvalue weighted by Gasteiger charge is 2.11. The molecule has 1 amide bonds. The Morgan fingerprint density at radius 2 is 1.76 bits per heavy atom. The van der Waals surface area contributed by atoms with Gasteiger partial charge in [-0.1, -0.05) is 25.1 Å². The molecule has 132 valence electrons. The average molecular weight is 341 g/mol. The summed E-state index contributed by atoms with van der Waals surface area (Å²) >= 11 is 0. The molecule has 0 spiro atoms. The molecule has 5 nitrogen and oxygen atoms in total. The molecule has 0 aliphatic rings. The number of esters is 1. The highest BCUT2D eigenvalue weighted by molar-refractivity contribution is 5.95. The molecule has 2 rings (SSSR count). The molecule has 5 heteroatoms. The average Bonchev–Trinajstić information content (AvgIpc) is 2.62. The summed E-state index contributed by atoms with van der Waals surface area (Å²) in [6, 6.07) is 12.7. The highest BCUT2D eigenvalue weighted by atomic mass is 16.5. The van der Waals surface area contributed by atoms with Gasteiger partial charge in [-0.15, -0.1) is 0 Å². The van der Waals surface area contributed by atoms with Gasteiger partial charge in [0.15, 0.2) is 6.61 Å². The number of ether oxygens (including phenoxy) is 2. The van der Waals surface area contributed by atoms with Gasteiger partial charge in [0, 0.05) is 5.69 Å². The first-order valence-corrected chi connectivity index (χ1v) is 8.32. The summed E-state index contributed by atoms with van der Waals surface area (Å²) in [5, 5.41) is 2.77. The van der Waals surface area contributed by atoms with E-state index in [9.17, 15) is 9.59 Å². The second-order valence-electron chi connectivity index (χ2n) is 5.58. The van der Waals surface area contributed by atoms with E-state index in [-0.39, 0.29) is 12.5 Å². The number of nitrogens with one attached hydrogen (secondary N) is 1. The van der Waals surface area contributed by atoms with E-state index in [0.29, 0.717) is 23.6 Å². The van der Waals surface area contributed by atoms with Crippen molar-refractivity contribution in [3.8, 4) is 5.75 Å². The summed E-state index contributed by atoms with van der Waals surface area (Å²) in [5.74, 6) is -0.0571. The summed E-state index contributed by atoms with van der Waals surface area (Å²) in [4.78, 5) is 23.9. The smallest absolute Gasteiger partial charge is 0.338 e. The van der Waals surface area contributed by atoms with Crippen LogP contribution in [-0.2, 0) is 16.0 Å². The van der Waals surface area contributed by atoms with Gasteiger partial charge in [0.25, 0.3) is 5.91 Å². The van der Waals surface area contributed by atoms with Crippen LogP contribution in [0.2, 0.25) is 0 Å². The standard InChI is InChI=1S/C20H23NO4/c1-4-15-7-10-17(11-8-15)25-13-19(22)21-18-12-16(9-6-14(18)3)20(23)24-5-2/h6-12H,4-5,13H2,1-3H3,(H,21,22). The van der Waals surface area contributed by atoms with Crippen molar-refractivity contribution in [1.82, 2.24) is 0 Å². The van der Waals surface area contributed by atoms with Crippen LogP contribution in [0.15, 0.2) is 42.5 Å². The van der Waals surface area contributed by atoms with Crippen molar-refractivity contribution in [2.45, 2.75) is 27.2 Å². The Morgan fingerprint density at radius 1 is 1.04 bits per heavy atom. The van der Waals surface area contributed by atoms with Crippen LogP contribution in [0.1, 0.15) is 35.3 Å². The van der Waals surface area contributed by atoms with Gasteiger partial charge in [0.2, 0.25) is 0 Å². The number of benzene rings is 2. The monoisotopic (exact) mass is 341 g/mol. The number of anilines is 1. The Kier molecular flexibility index (Phi) is 6.57. The van der Waals surface area contributed by atoms with Gasteiger partial charge in [0.1, 0.15) is 5.75 Å². The van der Waals surface area contributed by atoms with Crippen LogP contribution in [0.4, 0.5) is 5.69 Å². The number of amides is 1. The molecule has 0 aliphatic carbocycles. The van der Waals surface area contributed by atoms with Crippen LogP contribution >= 0.6 is 0 Å². The van der Waals surface area contributed by atoms with Crippen molar-refractivity contribution < 1.29 is 19.1 Å². The summed E-state index contributed by atoms with van der Waals surface area (Å²) in [5.41, 5.74) is 3.04. The van der Waals surface area contributed by atoms with Crippen molar-refractivity contribution in [1.29, 1.82) is 0 Å². The first-order valence-electron chi connectivity index (χ1n) is 8.32. The number of aryl methyl sites for hydroxylation is 2. The minimum Gasteiger partial charge on any atom is -0.484 e. The van der Waals surface area contributed by atoms with E-state index in [1.165, 1.54) is 5.56 Å². The quantitative estimate of drug-likeness (QED) is 0.779. The number of hydrogen-bond acceptors (Lipinski definition) is 4. The largest absolute Gasteiger partial charge is 0.484 e. The third-order valence-corrected chi connectivity index (χ3v) is 3.72. The second kappa shape index (κ2) is 8.87. The molecule has 0 aromatic heterocycles. The molecule has 2 aromatic rings. The van der Waals surface area contributed by atoms with Crippen molar-refractivity contribution in [3.63, 3.8) is 0 Å². The Balaban J connectivity index is 1.97. The van der Waals surface area contributed by atoms with Gasteiger partial charge >= 0.3 is 5.97 Å². The SMILES string of the molecule is CCOC(=O)c1ccc(C)c(NC(=O)COc2ccc(CC)cc2)c1. The van der Waals surface area contributed by atoms with E-state index in [1.807, 2.05) is 31.2 Å². The van der Waals surface area contributed by atoms with Gasteiger partial charge in [0.05, 0.1) is 12.2 Å². The topological polar surface area (TPSA) is 64.6 Å². The molecular weight excluding hydrogens is 318 g/mol. The van der Waals surface area contributed by atoms with Gasteiger partial charge in [-0.05, 0) is 55.7 Å². The first-order chi connectivity index (χ1) is 12.0. The lowest BCUT2D eigenvalue weighted by Gasteiger charge is -2.11. The van der Waals surface area contributed by atoms with Crippen molar-refractivity contribution in [3.05, 3.63) is 59.2 Å². The van der Waals surface area contributed by atoms with Crippen molar-refractivity contribution in [2.24, 2.45) is 0 Å². The van der Waals surface area contributed by atoms with Crippen LogP contribution in [0.5, 0.6) is 5.75 Å². The van der Waals surface area contributed by atoms with Gasteiger partial charge in [-0.3, -0.25) is 4.79 Å². The van der Waals surface area contributed by atoms with Crippen LogP contribution in [0.3, 0.4) is 0 Å². The van der Waals surface area contributed by atoms with Gasteiger partial charge < -0.3 is 14.8 Å². The van der Waals surface area contributed by atoms with E-state index in [1.54, 1.807) is 25.1 Å². The fraction of sp³-hybridized carbons (Fsp3) is 0.300. The number of hydrogen-bond donors (Lipinski definition) is 1. The lowest BCUT2D eigenvalue weighted by atomic mass is 10.1. The normalized spacial score (nSPS) is 10.2. The summed E-state index contributed by atoms with van der Waals surface area (Å²) in [7, 11) is 0. The molecule has 0 aliphatic heterocycles. The molecule has 2 aromatic carbocycles. The summed E-state index contributed by atoms with van der Waals surface area (Å²) < 4.78 is 10.5. The lowest BCUT2D eigenvalue weighted by Crippen LogP contribution is -2.21. The number of carbonyl (C=O) groups is 2. The van der Waals surface area contributed by atoms with Gasteiger partial charge in [-0.25, -0.2) is 4.79 Å². The Labute approximate surface area is 148 Å². The van der Waals surface area contributed by atoms with Gasteiger partial charge in [-0.2, -0.15) is 0 Å². The highest BCUT2D eigenvalue weighted by Crippen LogP contribution is 2.18. The molecule has 0 heterocycles. The van der Waals surface area contributed by atoms with E-state index in [2.05, 4.69) is 12.2 Å². The van der Waals surface area contributed by atoms with E-state index in [0.717, 1.165) is 12.0 Å². The molecule has 0 bridgehead atoms. The third kappa shape index (κ3) is 5.35. The summed E-state index contributed by atoms with van der Waals surface area (Å²) in [6.45, 7) is 5.89. The molecule has 0 atom stereocenters. The lowest BCUT2D eigenvalue weighted by molar-refractivity contribution is -0.118.